The third kappa shape index (κ3) is 4.06. The van der Waals surface area contributed by atoms with Crippen molar-refractivity contribution in [1.82, 2.24) is 4.98 Å². The van der Waals surface area contributed by atoms with Crippen LogP contribution < -0.4 is 11.1 Å². The van der Waals surface area contributed by atoms with Gasteiger partial charge in [-0.15, -0.1) is 0 Å². The van der Waals surface area contributed by atoms with Gasteiger partial charge in [0.2, 0.25) is 0 Å². The molecule has 0 spiro atoms. The van der Waals surface area contributed by atoms with E-state index in [1.807, 2.05) is 18.2 Å². The second kappa shape index (κ2) is 7.59. The van der Waals surface area contributed by atoms with Crippen molar-refractivity contribution in [2.24, 2.45) is 0 Å². The van der Waals surface area contributed by atoms with Crippen LogP contribution in [-0.2, 0) is 9.47 Å². The highest BCUT2D eigenvalue weighted by molar-refractivity contribution is 9.10. The quantitative estimate of drug-likeness (QED) is 0.589. The SMILES string of the molecule is COC(CCCNc1c(N)cnc2cc(Br)ccc12)OC. The summed E-state index contributed by atoms with van der Waals surface area (Å²) in [6.07, 6.45) is 3.28. The molecule has 0 bridgehead atoms. The first kappa shape index (κ1) is 16.0. The molecule has 0 radical (unpaired) electrons. The Morgan fingerprint density at radius 2 is 2.10 bits per heavy atom. The van der Waals surface area contributed by atoms with Gasteiger partial charge in [0.15, 0.2) is 6.29 Å². The van der Waals surface area contributed by atoms with Crippen molar-refractivity contribution < 1.29 is 9.47 Å². The molecule has 0 atom stereocenters. The number of nitrogen functional groups attached to an aromatic ring is 1. The van der Waals surface area contributed by atoms with E-state index in [1.165, 1.54) is 0 Å². The molecule has 2 rings (SSSR count). The lowest BCUT2D eigenvalue weighted by atomic mass is 10.1. The zero-order chi connectivity index (χ0) is 15.2. The van der Waals surface area contributed by atoms with Gasteiger partial charge in [0.25, 0.3) is 0 Å². The number of nitrogens with two attached hydrogens (primary N) is 1. The van der Waals surface area contributed by atoms with Gasteiger partial charge in [-0.05, 0) is 31.0 Å². The highest BCUT2D eigenvalue weighted by atomic mass is 79.9. The first-order valence-corrected chi connectivity index (χ1v) is 7.58. The van der Waals surface area contributed by atoms with Gasteiger partial charge in [-0.1, -0.05) is 15.9 Å². The topological polar surface area (TPSA) is 69.4 Å². The maximum atomic E-state index is 6.03. The highest BCUT2D eigenvalue weighted by Crippen LogP contribution is 2.29. The minimum Gasteiger partial charge on any atom is -0.396 e. The van der Waals surface area contributed by atoms with E-state index in [9.17, 15) is 0 Å². The number of nitrogens with zero attached hydrogens (tertiary/aromatic N) is 1. The lowest BCUT2D eigenvalue weighted by Crippen LogP contribution is -2.15. The van der Waals surface area contributed by atoms with Crippen LogP contribution in [0, 0.1) is 0 Å². The van der Waals surface area contributed by atoms with Crippen LogP contribution in [0.25, 0.3) is 10.9 Å². The number of benzene rings is 1. The van der Waals surface area contributed by atoms with Crippen LogP contribution in [-0.4, -0.2) is 32.0 Å². The van der Waals surface area contributed by atoms with Crippen molar-refractivity contribution in [3.8, 4) is 0 Å². The predicted molar refractivity (Wildman–Crippen MR) is 89.4 cm³/mol. The van der Waals surface area contributed by atoms with Gasteiger partial charge in [-0.25, -0.2) is 0 Å². The van der Waals surface area contributed by atoms with Crippen molar-refractivity contribution in [2.45, 2.75) is 19.1 Å². The molecule has 5 nitrogen and oxygen atoms in total. The van der Waals surface area contributed by atoms with Gasteiger partial charge >= 0.3 is 0 Å². The third-order valence-electron chi connectivity index (χ3n) is 3.30. The standard InChI is InChI=1S/C15H20BrN3O2/c1-20-14(21-2)4-3-7-18-15-11-6-5-10(16)8-13(11)19-9-12(15)17/h5-6,8-9,14H,3-4,7,17H2,1-2H3,(H,18,19). The number of ether oxygens (including phenoxy) is 2. The molecule has 3 N–H and O–H groups in total. The van der Waals surface area contributed by atoms with Crippen LogP contribution >= 0.6 is 15.9 Å². The maximum absolute atomic E-state index is 6.03. The number of fused-ring (bicyclic) bond motifs is 1. The molecule has 1 aromatic heterocycles. The fourth-order valence-electron chi connectivity index (χ4n) is 2.19. The van der Waals surface area contributed by atoms with Crippen molar-refractivity contribution in [3.05, 3.63) is 28.9 Å². The van der Waals surface area contributed by atoms with Gasteiger partial charge in [0.1, 0.15) is 0 Å². The normalized spacial score (nSPS) is 11.2. The minimum absolute atomic E-state index is 0.158. The van der Waals surface area contributed by atoms with Crippen LogP contribution in [0.3, 0.4) is 0 Å². The number of aromatic nitrogens is 1. The molecule has 1 aromatic carbocycles. The molecule has 0 amide bonds. The van der Waals surface area contributed by atoms with Crippen LogP contribution in [0.1, 0.15) is 12.8 Å². The molecule has 114 valence electrons. The molecule has 2 aromatic rings. The summed E-state index contributed by atoms with van der Waals surface area (Å²) in [5, 5.41) is 4.41. The molecule has 0 aliphatic rings. The second-order valence-corrected chi connectivity index (χ2v) is 5.64. The van der Waals surface area contributed by atoms with Crippen LogP contribution in [0.5, 0.6) is 0 Å². The molecule has 0 saturated heterocycles. The number of hydrogen-bond donors (Lipinski definition) is 2. The Morgan fingerprint density at radius 1 is 1.33 bits per heavy atom. The van der Waals surface area contributed by atoms with E-state index in [-0.39, 0.29) is 6.29 Å². The zero-order valence-corrected chi connectivity index (χ0v) is 13.8. The van der Waals surface area contributed by atoms with Crippen molar-refractivity contribution >= 4 is 38.2 Å². The summed E-state index contributed by atoms with van der Waals surface area (Å²) >= 11 is 3.45. The average Bonchev–Trinajstić information content (AvgIpc) is 2.49. The van der Waals surface area contributed by atoms with Crippen LogP contribution in [0.2, 0.25) is 0 Å². The maximum Gasteiger partial charge on any atom is 0.156 e. The Bertz CT molecular complexity index is 603. The average molecular weight is 354 g/mol. The second-order valence-electron chi connectivity index (χ2n) is 4.72. The van der Waals surface area contributed by atoms with E-state index in [4.69, 9.17) is 15.2 Å². The Labute approximate surface area is 133 Å². The number of halogens is 1. The number of pyridine rings is 1. The number of rotatable bonds is 7. The summed E-state index contributed by atoms with van der Waals surface area (Å²) in [7, 11) is 3.29. The van der Waals surface area contributed by atoms with Gasteiger partial charge in [-0.3, -0.25) is 4.98 Å². The minimum atomic E-state index is -0.158. The van der Waals surface area contributed by atoms with E-state index in [2.05, 4.69) is 26.2 Å². The molecule has 21 heavy (non-hydrogen) atoms. The van der Waals surface area contributed by atoms with E-state index in [0.717, 1.165) is 40.4 Å². The molecular formula is C15H20BrN3O2. The molecule has 0 aliphatic carbocycles. The van der Waals surface area contributed by atoms with Gasteiger partial charge in [0.05, 0.1) is 23.1 Å². The summed E-state index contributed by atoms with van der Waals surface area (Å²) in [4.78, 5) is 4.35. The molecule has 0 unspecified atom stereocenters. The number of nitrogens with one attached hydrogen (secondary N) is 1. The van der Waals surface area contributed by atoms with Gasteiger partial charge < -0.3 is 20.5 Å². The van der Waals surface area contributed by atoms with E-state index < -0.39 is 0 Å². The van der Waals surface area contributed by atoms with E-state index in [0.29, 0.717) is 5.69 Å². The predicted octanol–water partition coefficient (Wildman–Crippen LogP) is 3.39. The summed E-state index contributed by atoms with van der Waals surface area (Å²) in [5.41, 5.74) is 8.53. The lowest BCUT2D eigenvalue weighted by Gasteiger charge is -2.15. The smallest absolute Gasteiger partial charge is 0.156 e. The first-order valence-electron chi connectivity index (χ1n) is 6.79. The first-order chi connectivity index (χ1) is 10.2. The summed E-state index contributed by atoms with van der Waals surface area (Å²) in [6, 6.07) is 5.98. The Balaban J connectivity index is 2.06. The molecular weight excluding hydrogens is 334 g/mol. The van der Waals surface area contributed by atoms with Crippen molar-refractivity contribution in [3.63, 3.8) is 0 Å². The summed E-state index contributed by atoms with van der Waals surface area (Å²) < 4.78 is 11.3. The number of hydrogen-bond acceptors (Lipinski definition) is 5. The Morgan fingerprint density at radius 3 is 2.81 bits per heavy atom. The number of methoxy groups -OCH3 is 2. The number of anilines is 2. The summed E-state index contributed by atoms with van der Waals surface area (Å²) in [6.45, 7) is 0.794. The van der Waals surface area contributed by atoms with Gasteiger partial charge in [-0.2, -0.15) is 0 Å². The van der Waals surface area contributed by atoms with Crippen LogP contribution in [0.4, 0.5) is 11.4 Å². The fraction of sp³-hybridized carbons (Fsp3) is 0.400. The molecule has 0 aliphatic heterocycles. The third-order valence-corrected chi connectivity index (χ3v) is 3.80. The van der Waals surface area contributed by atoms with E-state index in [1.54, 1.807) is 20.4 Å². The van der Waals surface area contributed by atoms with Crippen molar-refractivity contribution in [2.75, 3.05) is 31.8 Å². The largest absolute Gasteiger partial charge is 0.396 e. The molecule has 0 saturated carbocycles. The Kier molecular flexibility index (Phi) is 5.78. The Hall–Kier alpha value is -1.37. The van der Waals surface area contributed by atoms with Crippen molar-refractivity contribution in [1.29, 1.82) is 0 Å². The molecule has 6 heteroatoms. The lowest BCUT2D eigenvalue weighted by molar-refractivity contribution is -0.106. The zero-order valence-electron chi connectivity index (χ0n) is 12.2. The summed E-state index contributed by atoms with van der Waals surface area (Å²) in [5.74, 6) is 0. The van der Waals surface area contributed by atoms with Crippen LogP contribution in [0.15, 0.2) is 28.9 Å². The molecule has 1 heterocycles. The molecule has 0 fully saturated rings. The van der Waals surface area contributed by atoms with E-state index >= 15 is 0 Å². The fourth-order valence-corrected chi connectivity index (χ4v) is 2.54. The van der Waals surface area contributed by atoms with Gasteiger partial charge in [0, 0.05) is 30.6 Å². The highest BCUT2D eigenvalue weighted by Gasteiger charge is 2.08. The monoisotopic (exact) mass is 353 g/mol.